The summed E-state index contributed by atoms with van der Waals surface area (Å²) in [7, 11) is 1.52. The number of carboxylic acid groups (broad SMARTS) is 1. The Labute approximate surface area is 151 Å². The fourth-order valence-electron chi connectivity index (χ4n) is 2.56. The number of ether oxygens (including phenoxy) is 1. The van der Waals surface area contributed by atoms with Crippen molar-refractivity contribution in [2.75, 3.05) is 7.11 Å². The lowest BCUT2D eigenvalue weighted by molar-refractivity contribution is 0.0697. The molecule has 0 heterocycles. The third-order valence-electron chi connectivity index (χ3n) is 3.92. The zero-order chi connectivity index (χ0) is 19.1. The van der Waals surface area contributed by atoms with Gasteiger partial charge in [0.25, 0.3) is 0 Å². The quantitative estimate of drug-likeness (QED) is 0.708. The molecule has 2 aromatic carbocycles. The number of hydrogen-bond acceptors (Lipinski definition) is 3. The molecule has 26 heavy (non-hydrogen) atoms. The topological polar surface area (TPSA) is 87.7 Å². The molecule has 2 unspecified atom stereocenters. The first-order chi connectivity index (χ1) is 12.4. The summed E-state index contributed by atoms with van der Waals surface area (Å²) in [6.45, 7) is 2.05. The smallest absolute Gasteiger partial charge is 0.335 e. The molecule has 2 atom stereocenters. The molecule has 3 N–H and O–H groups in total. The van der Waals surface area contributed by atoms with Gasteiger partial charge in [0.15, 0.2) is 0 Å². The molecule has 0 aliphatic carbocycles. The molecule has 7 heteroatoms. The van der Waals surface area contributed by atoms with Crippen molar-refractivity contribution in [2.45, 2.75) is 25.6 Å². The lowest BCUT2D eigenvalue weighted by Gasteiger charge is -2.24. The van der Waals surface area contributed by atoms with Crippen molar-refractivity contribution in [3.8, 4) is 0 Å². The summed E-state index contributed by atoms with van der Waals surface area (Å²) in [5, 5.41) is 14.4. The number of halogens is 1. The maximum Gasteiger partial charge on any atom is 0.335 e. The molecule has 0 bridgehead atoms. The second-order valence-corrected chi connectivity index (χ2v) is 5.83. The summed E-state index contributed by atoms with van der Waals surface area (Å²) in [5.74, 6) is -1.33. The van der Waals surface area contributed by atoms with E-state index in [-0.39, 0.29) is 30.0 Å². The number of rotatable bonds is 7. The Kier molecular flexibility index (Phi) is 6.68. The van der Waals surface area contributed by atoms with Gasteiger partial charge in [0.05, 0.1) is 11.6 Å². The van der Waals surface area contributed by atoms with Crippen LogP contribution < -0.4 is 10.6 Å². The van der Waals surface area contributed by atoms with Gasteiger partial charge in [-0.15, -0.1) is 0 Å². The van der Waals surface area contributed by atoms with E-state index in [0.29, 0.717) is 0 Å². The van der Waals surface area contributed by atoms with Crippen molar-refractivity contribution in [1.82, 2.24) is 10.6 Å². The van der Waals surface area contributed by atoms with Crippen molar-refractivity contribution < 1.29 is 23.8 Å². The number of carbonyl (C=O) groups excluding carboxylic acids is 1. The molecule has 0 saturated heterocycles. The van der Waals surface area contributed by atoms with Gasteiger partial charge in [-0.2, -0.15) is 0 Å². The predicted molar refractivity (Wildman–Crippen MR) is 94.4 cm³/mol. The normalized spacial score (nSPS) is 12.9. The highest BCUT2D eigenvalue weighted by atomic mass is 19.1. The van der Waals surface area contributed by atoms with E-state index in [1.165, 1.54) is 31.4 Å². The van der Waals surface area contributed by atoms with Crippen LogP contribution in [0.1, 0.15) is 34.5 Å². The molecular formula is C19H21FN2O4. The molecule has 0 spiro atoms. The van der Waals surface area contributed by atoms with Gasteiger partial charge in [-0.3, -0.25) is 0 Å². The highest BCUT2D eigenvalue weighted by molar-refractivity contribution is 5.87. The lowest BCUT2D eigenvalue weighted by Crippen LogP contribution is -2.43. The van der Waals surface area contributed by atoms with E-state index in [9.17, 15) is 14.0 Å². The molecule has 0 radical (unpaired) electrons. The maximum absolute atomic E-state index is 13.0. The zero-order valence-corrected chi connectivity index (χ0v) is 14.5. The van der Waals surface area contributed by atoms with Gasteiger partial charge in [0.2, 0.25) is 0 Å². The monoisotopic (exact) mass is 360 g/mol. The van der Waals surface area contributed by atoms with Crippen molar-refractivity contribution >= 4 is 12.0 Å². The standard InChI is InChI=1S/C19H21FN2O4/c1-12(17(26-2)14-7-9-16(20)10-8-14)22-19(25)21-11-13-3-5-15(6-4-13)18(23)24/h3-10,12,17H,11H2,1-2H3,(H,23,24)(H2,21,22,25). The minimum absolute atomic E-state index is 0.189. The number of hydrogen-bond donors (Lipinski definition) is 3. The number of methoxy groups -OCH3 is 1. The molecule has 138 valence electrons. The summed E-state index contributed by atoms with van der Waals surface area (Å²) in [6.07, 6.45) is -0.420. The van der Waals surface area contributed by atoms with E-state index in [2.05, 4.69) is 10.6 Å². The van der Waals surface area contributed by atoms with Crippen LogP contribution in [0.2, 0.25) is 0 Å². The lowest BCUT2D eigenvalue weighted by atomic mass is 10.0. The Morgan fingerprint density at radius 3 is 2.27 bits per heavy atom. The van der Waals surface area contributed by atoms with Gasteiger partial charge < -0.3 is 20.5 Å². The van der Waals surface area contributed by atoms with Crippen molar-refractivity contribution in [3.63, 3.8) is 0 Å². The van der Waals surface area contributed by atoms with Gasteiger partial charge in [-0.25, -0.2) is 14.0 Å². The van der Waals surface area contributed by atoms with Crippen LogP contribution in [-0.2, 0) is 11.3 Å². The molecule has 2 aromatic rings. The first kappa shape index (κ1) is 19.4. The summed E-state index contributed by atoms with van der Waals surface area (Å²) < 4.78 is 18.5. The van der Waals surface area contributed by atoms with Crippen molar-refractivity contribution in [3.05, 3.63) is 71.0 Å². The molecule has 6 nitrogen and oxygen atoms in total. The number of urea groups is 1. The van der Waals surface area contributed by atoms with E-state index in [1.54, 1.807) is 31.2 Å². The summed E-state index contributed by atoms with van der Waals surface area (Å²) in [5.41, 5.74) is 1.72. The third kappa shape index (κ3) is 5.29. The highest BCUT2D eigenvalue weighted by Crippen LogP contribution is 2.20. The SMILES string of the molecule is COC(c1ccc(F)cc1)C(C)NC(=O)NCc1ccc(C(=O)O)cc1. The van der Waals surface area contributed by atoms with Crippen LogP contribution in [0.4, 0.5) is 9.18 Å². The van der Waals surface area contributed by atoms with Crippen molar-refractivity contribution in [1.29, 1.82) is 0 Å². The Morgan fingerprint density at radius 2 is 1.73 bits per heavy atom. The van der Waals surface area contributed by atoms with E-state index < -0.39 is 12.1 Å². The van der Waals surface area contributed by atoms with Crippen LogP contribution in [0, 0.1) is 5.82 Å². The van der Waals surface area contributed by atoms with E-state index in [1.807, 2.05) is 0 Å². The van der Waals surface area contributed by atoms with Gasteiger partial charge in [0, 0.05) is 13.7 Å². The van der Waals surface area contributed by atoms with Gasteiger partial charge in [-0.1, -0.05) is 24.3 Å². The Morgan fingerprint density at radius 1 is 1.12 bits per heavy atom. The summed E-state index contributed by atoms with van der Waals surface area (Å²) in [4.78, 5) is 22.9. The van der Waals surface area contributed by atoms with Gasteiger partial charge in [0.1, 0.15) is 11.9 Å². The molecule has 0 fully saturated rings. The first-order valence-electron chi connectivity index (χ1n) is 8.05. The first-order valence-corrected chi connectivity index (χ1v) is 8.05. The average molecular weight is 360 g/mol. The fourth-order valence-corrected chi connectivity index (χ4v) is 2.56. The molecular weight excluding hydrogens is 339 g/mol. The van der Waals surface area contributed by atoms with Crippen LogP contribution in [0.25, 0.3) is 0 Å². The zero-order valence-electron chi connectivity index (χ0n) is 14.5. The molecule has 0 aromatic heterocycles. The van der Waals surface area contributed by atoms with Crippen LogP contribution in [-0.4, -0.2) is 30.3 Å². The number of benzene rings is 2. The fraction of sp³-hybridized carbons (Fsp3) is 0.263. The predicted octanol–water partition coefficient (Wildman–Crippen LogP) is 3.10. The molecule has 2 rings (SSSR count). The number of carbonyl (C=O) groups is 2. The largest absolute Gasteiger partial charge is 0.478 e. The molecule has 2 amide bonds. The average Bonchev–Trinajstić information content (AvgIpc) is 2.62. The van der Waals surface area contributed by atoms with Crippen LogP contribution >= 0.6 is 0 Å². The van der Waals surface area contributed by atoms with Crippen LogP contribution in [0.5, 0.6) is 0 Å². The van der Waals surface area contributed by atoms with Gasteiger partial charge in [-0.05, 0) is 42.3 Å². The van der Waals surface area contributed by atoms with Crippen LogP contribution in [0.3, 0.4) is 0 Å². The molecule has 0 aliphatic rings. The summed E-state index contributed by atoms with van der Waals surface area (Å²) in [6, 6.07) is 11.4. The minimum atomic E-state index is -0.998. The van der Waals surface area contributed by atoms with Crippen LogP contribution in [0.15, 0.2) is 48.5 Å². The number of carboxylic acids is 1. The molecule has 0 saturated carbocycles. The Bertz CT molecular complexity index is 747. The van der Waals surface area contributed by atoms with E-state index in [0.717, 1.165) is 11.1 Å². The number of nitrogens with one attached hydrogen (secondary N) is 2. The number of amides is 2. The Balaban J connectivity index is 1.89. The van der Waals surface area contributed by atoms with E-state index >= 15 is 0 Å². The third-order valence-corrected chi connectivity index (χ3v) is 3.92. The summed E-state index contributed by atoms with van der Waals surface area (Å²) >= 11 is 0. The molecule has 0 aliphatic heterocycles. The maximum atomic E-state index is 13.0. The van der Waals surface area contributed by atoms with Crippen molar-refractivity contribution in [2.24, 2.45) is 0 Å². The second kappa shape index (κ2) is 8.96. The van der Waals surface area contributed by atoms with E-state index in [4.69, 9.17) is 9.84 Å². The highest BCUT2D eigenvalue weighted by Gasteiger charge is 2.20. The van der Waals surface area contributed by atoms with Gasteiger partial charge >= 0.3 is 12.0 Å². The second-order valence-electron chi connectivity index (χ2n) is 5.83. The minimum Gasteiger partial charge on any atom is -0.478 e. The number of aromatic carboxylic acids is 1. The Hall–Kier alpha value is -2.93.